The molecule has 0 unspecified atom stereocenters. The highest BCUT2D eigenvalue weighted by Crippen LogP contribution is 2.37. The van der Waals surface area contributed by atoms with Gasteiger partial charge in [-0.3, -0.25) is 0 Å². The van der Waals surface area contributed by atoms with E-state index in [1.165, 1.54) is 0 Å². The number of anilines is 1. The zero-order valence-corrected chi connectivity index (χ0v) is 20.8. The van der Waals surface area contributed by atoms with Gasteiger partial charge in [0.15, 0.2) is 11.5 Å². The van der Waals surface area contributed by atoms with Crippen molar-refractivity contribution in [3.05, 3.63) is 70.2 Å². The van der Waals surface area contributed by atoms with E-state index in [1.807, 2.05) is 53.4 Å². The number of nitrogens with two attached hydrogens (primary N) is 1. The minimum absolute atomic E-state index is 0.227. The van der Waals surface area contributed by atoms with Gasteiger partial charge in [0, 0.05) is 36.0 Å². The third kappa shape index (κ3) is 5.84. The molecule has 9 heteroatoms. The van der Waals surface area contributed by atoms with Crippen LogP contribution in [0.15, 0.2) is 59.1 Å². The number of benzene rings is 2. The number of hydrogen-bond acceptors (Lipinski definition) is 7. The van der Waals surface area contributed by atoms with E-state index in [1.54, 1.807) is 13.2 Å². The van der Waals surface area contributed by atoms with Crippen LogP contribution in [0.2, 0.25) is 0 Å². The van der Waals surface area contributed by atoms with Gasteiger partial charge in [-0.1, -0.05) is 30.3 Å². The van der Waals surface area contributed by atoms with E-state index in [0.29, 0.717) is 65.6 Å². The Bertz CT molecular complexity index is 1240. The third-order valence-electron chi connectivity index (χ3n) is 5.77. The highest BCUT2D eigenvalue weighted by molar-refractivity contribution is 9.10. The monoisotopic (exact) mass is 536 g/mol. The molecule has 2 aromatic carbocycles. The first kappa shape index (κ1) is 24.4. The van der Waals surface area contributed by atoms with Crippen LogP contribution in [0.4, 0.5) is 10.6 Å². The second-order valence-electron chi connectivity index (χ2n) is 8.06. The third-order valence-corrected chi connectivity index (χ3v) is 6.38. The zero-order valence-electron chi connectivity index (χ0n) is 19.2. The van der Waals surface area contributed by atoms with Crippen molar-refractivity contribution in [1.82, 2.24) is 4.98 Å². The number of aromatic nitrogens is 1. The van der Waals surface area contributed by atoms with E-state index in [0.717, 1.165) is 11.1 Å². The minimum Gasteiger partial charge on any atom is -0.493 e. The van der Waals surface area contributed by atoms with Crippen LogP contribution in [-0.4, -0.2) is 37.4 Å². The van der Waals surface area contributed by atoms with Crippen LogP contribution in [0.25, 0.3) is 11.3 Å². The SMILES string of the molecule is COc1ccc(-c2nc(N3CCC(OC(N)=O)CC3)c(C#N)cc2Br)cc1OCc1ccccc1. The quantitative estimate of drug-likeness (QED) is 0.450. The van der Waals surface area contributed by atoms with E-state index in [-0.39, 0.29) is 6.10 Å². The molecule has 3 aromatic rings. The maximum absolute atomic E-state index is 11.1. The summed E-state index contributed by atoms with van der Waals surface area (Å²) in [4.78, 5) is 18.0. The number of pyridine rings is 1. The number of methoxy groups -OCH3 is 1. The van der Waals surface area contributed by atoms with Gasteiger partial charge < -0.3 is 24.8 Å². The molecule has 0 radical (unpaired) electrons. The van der Waals surface area contributed by atoms with Gasteiger partial charge in [-0.25, -0.2) is 9.78 Å². The Morgan fingerprint density at radius 1 is 1.17 bits per heavy atom. The number of nitrogens with zero attached hydrogens (tertiary/aromatic N) is 3. The fraction of sp³-hybridized carbons (Fsp3) is 0.269. The van der Waals surface area contributed by atoms with Crippen LogP contribution in [0.5, 0.6) is 11.5 Å². The average molecular weight is 537 g/mol. The summed E-state index contributed by atoms with van der Waals surface area (Å²) < 4.78 is 17.4. The van der Waals surface area contributed by atoms with E-state index in [2.05, 4.69) is 22.0 Å². The molecule has 0 bridgehead atoms. The molecule has 8 nitrogen and oxygen atoms in total. The van der Waals surface area contributed by atoms with Crippen LogP contribution >= 0.6 is 15.9 Å². The summed E-state index contributed by atoms with van der Waals surface area (Å²) in [5.41, 5.74) is 8.16. The summed E-state index contributed by atoms with van der Waals surface area (Å²) in [5.74, 6) is 1.80. The Kier molecular flexibility index (Phi) is 7.73. The normalized spacial score (nSPS) is 13.7. The average Bonchev–Trinajstić information content (AvgIpc) is 2.88. The van der Waals surface area contributed by atoms with Crippen LogP contribution in [0.3, 0.4) is 0 Å². The number of ether oxygens (including phenoxy) is 3. The number of nitriles is 1. The molecule has 0 spiro atoms. The molecule has 180 valence electrons. The summed E-state index contributed by atoms with van der Waals surface area (Å²) in [5, 5.41) is 9.74. The van der Waals surface area contributed by atoms with Gasteiger partial charge in [0.2, 0.25) is 0 Å². The molecule has 0 aliphatic carbocycles. The minimum atomic E-state index is -0.769. The Labute approximate surface area is 212 Å². The molecule has 1 aliphatic rings. The number of rotatable bonds is 7. The van der Waals surface area contributed by atoms with Crippen molar-refractivity contribution in [2.45, 2.75) is 25.6 Å². The highest BCUT2D eigenvalue weighted by atomic mass is 79.9. The highest BCUT2D eigenvalue weighted by Gasteiger charge is 2.25. The Morgan fingerprint density at radius 2 is 1.91 bits per heavy atom. The Hall–Kier alpha value is -3.77. The van der Waals surface area contributed by atoms with Gasteiger partial charge in [0.05, 0.1) is 18.4 Å². The van der Waals surface area contributed by atoms with E-state index in [9.17, 15) is 10.1 Å². The van der Waals surface area contributed by atoms with Gasteiger partial charge in [-0.2, -0.15) is 5.26 Å². The maximum Gasteiger partial charge on any atom is 0.404 e. The number of hydrogen-bond donors (Lipinski definition) is 1. The lowest BCUT2D eigenvalue weighted by molar-refractivity contribution is 0.0911. The number of carbonyl (C=O) groups is 1. The molecule has 35 heavy (non-hydrogen) atoms. The first-order valence-electron chi connectivity index (χ1n) is 11.1. The molecular formula is C26H25BrN4O4. The fourth-order valence-corrected chi connectivity index (χ4v) is 4.57. The number of amides is 1. The number of halogens is 1. The molecule has 1 aliphatic heterocycles. The predicted octanol–water partition coefficient (Wildman–Crippen LogP) is 5.03. The van der Waals surface area contributed by atoms with Gasteiger partial charge >= 0.3 is 6.09 Å². The summed E-state index contributed by atoms with van der Waals surface area (Å²) in [6, 6.07) is 19.5. The molecule has 0 atom stereocenters. The molecule has 4 rings (SSSR count). The van der Waals surface area contributed by atoms with Crippen LogP contribution < -0.4 is 20.1 Å². The van der Waals surface area contributed by atoms with Crippen LogP contribution in [0.1, 0.15) is 24.0 Å². The molecule has 1 aromatic heterocycles. The second-order valence-corrected chi connectivity index (χ2v) is 8.92. The predicted molar refractivity (Wildman–Crippen MR) is 135 cm³/mol. The summed E-state index contributed by atoms with van der Waals surface area (Å²) >= 11 is 3.58. The van der Waals surface area contributed by atoms with Crippen molar-refractivity contribution in [1.29, 1.82) is 5.26 Å². The number of carbonyl (C=O) groups excluding carboxylic acids is 1. The summed E-state index contributed by atoms with van der Waals surface area (Å²) in [6.45, 7) is 1.58. The Morgan fingerprint density at radius 3 is 2.57 bits per heavy atom. The number of piperidine rings is 1. The first-order chi connectivity index (χ1) is 17.0. The van der Waals surface area contributed by atoms with Crippen LogP contribution in [0, 0.1) is 11.3 Å². The molecular weight excluding hydrogens is 512 g/mol. The molecule has 1 amide bonds. The lowest BCUT2D eigenvalue weighted by Gasteiger charge is -2.32. The maximum atomic E-state index is 11.1. The van der Waals surface area contributed by atoms with Gasteiger partial charge in [-0.15, -0.1) is 0 Å². The van der Waals surface area contributed by atoms with Crippen molar-refractivity contribution in [3.8, 4) is 28.8 Å². The second kappa shape index (κ2) is 11.1. The molecule has 1 saturated heterocycles. The van der Waals surface area contributed by atoms with Crippen LogP contribution in [-0.2, 0) is 11.3 Å². The Balaban J connectivity index is 1.62. The van der Waals surface area contributed by atoms with Gasteiger partial charge in [0.1, 0.15) is 24.6 Å². The largest absolute Gasteiger partial charge is 0.493 e. The van der Waals surface area contributed by atoms with Crippen molar-refractivity contribution >= 4 is 27.8 Å². The molecule has 2 heterocycles. The lowest BCUT2D eigenvalue weighted by atomic mass is 10.1. The van der Waals surface area contributed by atoms with Crippen molar-refractivity contribution in [3.63, 3.8) is 0 Å². The van der Waals surface area contributed by atoms with Gasteiger partial charge in [-0.05, 0) is 45.8 Å². The van der Waals surface area contributed by atoms with Gasteiger partial charge in [0.25, 0.3) is 0 Å². The molecule has 2 N–H and O–H groups in total. The standard InChI is InChI=1S/C26H25BrN4O4/c1-33-22-8-7-18(14-23(22)34-16-17-5-3-2-4-6-17)24-21(27)13-19(15-28)25(30-24)31-11-9-20(10-12-31)35-26(29)32/h2-8,13-14,20H,9-12,16H2,1H3,(H2,29,32). The lowest BCUT2D eigenvalue weighted by Crippen LogP contribution is -2.39. The summed E-state index contributed by atoms with van der Waals surface area (Å²) in [6.07, 6.45) is 0.229. The van der Waals surface area contributed by atoms with E-state index < -0.39 is 6.09 Å². The smallest absolute Gasteiger partial charge is 0.404 e. The summed E-state index contributed by atoms with van der Waals surface area (Å²) in [7, 11) is 1.60. The van der Waals surface area contributed by atoms with E-state index >= 15 is 0 Å². The fourth-order valence-electron chi connectivity index (χ4n) is 4.03. The molecule has 0 saturated carbocycles. The molecule has 1 fully saturated rings. The van der Waals surface area contributed by atoms with Crippen molar-refractivity contribution in [2.24, 2.45) is 5.73 Å². The topological polar surface area (TPSA) is 111 Å². The van der Waals surface area contributed by atoms with E-state index in [4.69, 9.17) is 24.9 Å². The number of primary amides is 1. The first-order valence-corrected chi connectivity index (χ1v) is 11.9. The zero-order chi connectivity index (χ0) is 24.8. The van der Waals surface area contributed by atoms with Crippen molar-refractivity contribution < 1.29 is 19.0 Å². The van der Waals surface area contributed by atoms with Crippen molar-refractivity contribution in [2.75, 3.05) is 25.1 Å².